The Morgan fingerprint density at radius 2 is 1.74 bits per heavy atom. The molecule has 3 aromatic rings. The summed E-state index contributed by atoms with van der Waals surface area (Å²) in [6, 6.07) is 14.9. The third kappa shape index (κ3) is 4.41. The zero-order valence-corrected chi connectivity index (χ0v) is 16.5. The van der Waals surface area contributed by atoms with Gasteiger partial charge < -0.3 is 19.0 Å². The van der Waals surface area contributed by atoms with Crippen molar-refractivity contribution >= 4 is 27.4 Å². The molecule has 0 saturated carbocycles. The van der Waals surface area contributed by atoms with E-state index in [-0.39, 0.29) is 28.7 Å². The molecule has 158 valence electrons. The Hall–Kier alpha value is -4.12. The Kier molecular flexibility index (Phi) is 5.17. The van der Waals surface area contributed by atoms with Gasteiger partial charge in [-0.1, -0.05) is 6.07 Å². The number of nitrogens with zero attached hydrogens (tertiary/aromatic N) is 1. The highest BCUT2D eigenvalue weighted by atomic mass is 32.2. The van der Waals surface area contributed by atoms with E-state index in [0.29, 0.717) is 17.2 Å². The second-order valence-electron chi connectivity index (χ2n) is 6.34. The number of anilines is 1. The topological polar surface area (TPSA) is 134 Å². The Labute approximate surface area is 176 Å². The normalized spacial score (nSPS) is 12.3. The minimum atomic E-state index is -4.29. The summed E-state index contributed by atoms with van der Waals surface area (Å²) < 4.78 is 40.3. The maximum absolute atomic E-state index is 12.4. The average molecular weight is 442 g/mol. The Balaban J connectivity index is 1.46. The molecular weight excluding hydrogens is 428 g/mol. The summed E-state index contributed by atoms with van der Waals surface area (Å²) in [7, 11) is -4.29. The molecule has 10 nitrogen and oxygen atoms in total. The number of carbonyl (C=O) groups is 1. The van der Waals surface area contributed by atoms with Crippen molar-refractivity contribution in [3.63, 3.8) is 0 Å². The van der Waals surface area contributed by atoms with Gasteiger partial charge in [-0.25, -0.2) is 0 Å². The SMILES string of the molecule is O=C(Nc1ccc2c(c1)OCO2)c1ccc(OS(=O)(=O)c2cccc([N+](=O)[O-])c2)cc1. The minimum absolute atomic E-state index is 0.0499. The van der Waals surface area contributed by atoms with Gasteiger partial charge >= 0.3 is 10.1 Å². The van der Waals surface area contributed by atoms with Crippen LogP contribution in [0.3, 0.4) is 0 Å². The molecule has 1 amide bonds. The van der Waals surface area contributed by atoms with Crippen LogP contribution in [0.15, 0.2) is 71.6 Å². The molecule has 3 aromatic carbocycles. The molecule has 0 bridgehead atoms. The molecule has 1 aliphatic heterocycles. The predicted octanol–water partition coefficient (Wildman–Crippen LogP) is 3.34. The average Bonchev–Trinajstić information content (AvgIpc) is 3.22. The number of hydrogen-bond acceptors (Lipinski definition) is 8. The first-order valence-electron chi connectivity index (χ1n) is 8.82. The van der Waals surface area contributed by atoms with Crippen molar-refractivity contribution in [2.75, 3.05) is 12.1 Å². The van der Waals surface area contributed by atoms with E-state index in [2.05, 4.69) is 5.32 Å². The van der Waals surface area contributed by atoms with Crippen LogP contribution in [0.1, 0.15) is 10.4 Å². The van der Waals surface area contributed by atoms with Crippen molar-refractivity contribution in [2.45, 2.75) is 4.90 Å². The van der Waals surface area contributed by atoms with Crippen molar-refractivity contribution in [2.24, 2.45) is 0 Å². The van der Waals surface area contributed by atoms with Crippen LogP contribution in [0.25, 0.3) is 0 Å². The molecule has 0 spiro atoms. The fourth-order valence-electron chi connectivity index (χ4n) is 2.77. The van der Waals surface area contributed by atoms with Crippen molar-refractivity contribution in [3.8, 4) is 17.2 Å². The van der Waals surface area contributed by atoms with Gasteiger partial charge in [-0.15, -0.1) is 0 Å². The van der Waals surface area contributed by atoms with Crippen molar-refractivity contribution in [3.05, 3.63) is 82.4 Å². The van der Waals surface area contributed by atoms with Crippen LogP contribution in [0.5, 0.6) is 17.2 Å². The van der Waals surface area contributed by atoms with Crippen LogP contribution >= 0.6 is 0 Å². The van der Waals surface area contributed by atoms with Gasteiger partial charge in [0.05, 0.1) is 4.92 Å². The van der Waals surface area contributed by atoms with Crippen LogP contribution in [0, 0.1) is 10.1 Å². The number of amides is 1. The molecule has 31 heavy (non-hydrogen) atoms. The lowest BCUT2D eigenvalue weighted by molar-refractivity contribution is -0.385. The fourth-order valence-corrected chi connectivity index (χ4v) is 3.74. The molecule has 1 aliphatic rings. The summed E-state index contributed by atoms with van der Waals surface area (Å²) in [5.74, 6) is 0.635. The van der Waals surface area contributed by atoms with E-state index in [1.165, 1.54) is 42.5 Å². The molecule has 4 rings (SSSR count). The largest absolute Gasteiger partial charge is 0.454 e. The lowest BCUT2D eigenvalue weighted by Gasteiger charge is -2.09. The van der Waals surface area contributed by atoms with E-state index < -0.39 is 20.9 Å². The highest BCUT2D eigenvalue weighted by Crippen LogP contribution is 2.34. The maximum atomic E-state index is 12.4. The molecule has 1 N–H and O–H groups in total. The Morgan fingerprint density at radius 1 is 1.00 bits per heavy atom. The smallest absolute Gasteiger partial charge is 0.339 e. The second-order valence-corrected chi connectivity index (χ2v) is 7.88. The van der Waals surface area contributed by atoms with Crippen molar-refractivity contribution < 1.29 is 31.8 Å². The van der Waals surface area contributed by atoms with E-state index in [1.54, 1.807) is 18.2 Å². The number of rotatable bonds is 6. The molecule has 0 aromatic heterocycles. The number of ether oxygens (including phenoxy) is 2. The summed E-state index contributed by atoms with van der Waals surface area (Å²) in [5, 5.41) is 13.5. The molecule has 0 unspecified atom stereocenters. The highest BCUT2D eigenvalue weighted by Gasteiger charge is 2.20. The van der Waals surface area contributed by atoms with E-state index in [1.807, 2.05) is 0 Å². The monoisotopic (exact) mass is 442 g/mol. The van der Waals surface area contributed by atoms with E-state index in [9.17, 15) is 23.3 Å². The molecule has 0 atom stereocenters. The van der Waals surface area contributed by atoms with Crippen LogP contribution < -0.4 is 19.0 Å². The quantitative estimate of drug-likeness (QED) is 0.349. The van der Waals surface area contributed by atoms with E-state index in [0.717, 1.165) is 6.07 Å². The van der Waals surface area contributed by atoms with Crippen molar-refractivity contribution in [1.29, 1.82) is 0 Å². The minimum Gasteiger partial charge on any atom is -0.454 e. The first kappa shape index (κ1) is 20.2. The van der Waals surface area contributed by atoms with Gasteiger partial charge in [0.15, 0.2) is 11.5 Å². The number of benzene rings is 3. The highest BCUT2D eigenvalue weighted by molar-refractivity contribution is 7.87. The first-order valence-corrected chi connectivity index (χ1v) is 10.2. The van der Waals surface area contributed by atoms with E-state index >= 15 is 0 Å². The Morgan fingerprint density at radius 3 is 2.48 bits per heavy atom. The summed E-state index contributed by atoms with van der Waals surface area (Å²) in [6.45, 7) is 0.118. The second kappa shape index (κ2) is 7.95. The van der Waals surface area contributed by atoms with Gasteiger partial charge in [0, 0.05) is 29.4 Å². The van der Waals surface area contributed by atoms with Gasteiger partial charge in [0.1, 0.15) is 10.6 Å². The molecule has 0 saturated heterocycles. The number of nitro groups is 1. The third-order valence-electron chi connectivity index (χ3n) is 4.27. The number of hydrogen-bond donors (Lipinski definition) is 1. The zero-order valence-electron chi connectivity index (χ0n) is 15.7. The number of nitrogens with one attached hydrogen (secondary N) is 1. The fraction of sp³-hybridized carbons (Fsp3) is 0.0500. The van der Waals surface area contributed by atoms with Gasteiger partial charge in [-0.3, -0.25) is 14.9 Å². The van der Waals surface area contributed by atoms with Gasteiger partial charge in [-0.05, 0) is 42.5 Å². The molecule has 0 radical (unpaired) electrons. The van der Waals surface area contributed by atoms with Crippen LogP contribution in [0.2, 0.25) is 0 Å². The van der Waals surface area contributed by atoms with Crippen LogP contribution in [-0.2, 0) is 10.1 Å². The van der Waals surface area contributed by atoms with Gasteiger partial charge in [0.2, 0.25) is 6.79 Å². The molecule has 0 fully saturated rings. The predicted molar refractivity (Wildman–Crippen MR) is 108 cm³/mol. The number of non-ortho nitro benzene ring substituents is 1. The number of fused-ring (bicyclic) bond motifs is 1. The summed E-state index contributed by atoms with van der Waals surface area (Å²) in [4.78, 5) is 22.2. The molecule has 0 aliphatic carbocycles. The van der Waals surface area contributed by atoms with E-state index in [4.69, 9.17) is 13.7 Å². The maximum Gasteiger partial charge on any atom is 0.339 e. The third-order valence-corrected chi connectivity index (χ3v) is 5.51. The summed E-state index contributed by atoms with van der Waals surface area (Å²) in [6.07, 6.45) is 0. The lowest BCUT2D eigenvalue weighted by Crippen LogP contribution is -2.12. The summed E-state index contributed by atoms with van der Waals surface area (Å²) in [5.41, 5.74) is 0.390. The number of carbonyl (C=O) groups excluding carboxylic acids is 1. The molecule has 1 heterocycles. The first-order chi connectivity index (χ1) is 14.8. The van der Waals surface area contributed by atoms with Crippen molar-refractivity contribution in [1.82, 2.24) is 0 Å². The standard InChI is InChI=1S/C20H14N2O8S/c23-20(21-14-6-9-18-19(10-14)29-12-28-18)13-4-7-16(8-5-13)30-31(26,27)17-3-1-2-15(11-17)22(24)25/h1-11H,12H2,(H,21,23). The Bertz CT molecular complexity index is 1270. The van der Waals surface area contributed by atoms with Crippen LogP contribution in [0.4, 0.5) is 11.4 Å². The van der Waals surface area contributed by atoms with Crippen LogP contribution in [-0.4, -0.2) is 26.0 Å². The van der Waals surface area contributed by atoms with Gasteiger partial charge in [-0.2, -0.15) is 8.42 Å². The molecular formula is C20H14N2O8S. The zero-order chi connectivity index (χ0) is 22.0. The number of nitro benzene ring substituents is 1. The summed E-state index contributed by atoms with van der Waals surface area (Å²) >= 11 is 0. The lowest BCUT2D eigenvalue weighted by atomic mass is 10.2. The van der Waals surface area contributed by atoms with Gasteiger partial charge in [0.25, 0.3) is 11.6 Å². The molecule has 11 heteroatoms.